The zero-order valence-electron chi connectivity index (χ0n) is 24.8. The van der Waals surface area contributed by atoms with Crippen molar-refractivity contribution in [2.75, 3.05) is 39.1 Å². The molecule has 0 fully saturated rings. The number of pyridine rings is 1. The number of nitrogens with two attached hydrogens (primary N) is 1. The van der Waals surface area contributed by atoms with Crippen LogP contribution in [-0.2, 0) is 14.3 Å². The third kappa shape index (κ3) is 9.93. The molecule has 2 atom stereocenters. The number of allylic oxidation sites excluding steroid dienone is 3. The highest BCUT2D eigenvalue weighted by Gasteiger charge is 2.36. The van der Waals surface area contributed by atoms with Gasteiger partial charge >= 0.3 is 0 Å². The third-order valence-electron chi connectivity index (χ3n) is 6.92. The molecular weight excluding hydrogens is 570 g/mol. The highest BCUT2D eigenvalue weighted by Crippen LogP contribution is 2.32. The summed E-state index contributed by atoms with van der Waals surface area (Å²) in [6.07, 6.45) is 8.54. The number of ether oxygens (including phenoxy) is 1. The smallest absolute Gasteiger partial charge is 0.257 e. The van der Waals surface area contributed by atoms with E-state index in [9.17, 15) is 14.4 Å². The van der Waals surface area contributed by atoms with Gasteiger partial charge in [-0.25, -0.2) is 4.98 Å². The number of unbranched alkanes of at least 4 members (excludes halogenated alkanes) is 3. The van der Waals surface area contributed by atoms with Gasteiger partial charge < -0.3 is 31.3 Å². The van der Waals surface area contributed by atoms with Crippen LogP contribution in [0.1, 0.15) is 48.5 Å². The van der Waals surface area contributed by atoms with Crippen LogP contribution in [0.25, 0.3) is 0 Å². The van der Waals surface area contributed by atoms with Crippen LogP contribution >= 0.6 is 11.6 Å². The van der Waals surface area contributed by atoms with Crippen LogP contribution < -0.4 is 21.7 Å². The number of amides is 3. The summed E-state index contributed by atoms with van der Waals surface area (Å²) in [5, 5.41) is 17.0. The third-order valence-corrected chi connectivity index (χ3v) is 7.14. The normalized spacial score (nSPS) is 15.9. The lowest BCUT2D eigenvalue weighted by molar-refractivity contribution is -0.124. The Hall–Kier alpha value is -4.22. The van der Waals surface area contributed by atoms with Crippen LogP contribution in [0.3, 0.4) is 0 Å². The van der Waals surface area contributed by atoms with Crippen LogP contribution in [0.4, 0.5) is 5.82 Å². The van der Waals surface area contributed by atoms with Gasteiger partial charge in [-0.3, -0.25) is 19.8 Å². The molecule has 1 aromatic carbocycles. The number of carbonyl (C=O) groups excluding carboxylic acids is 3. The maximum absolute atomic E-state index is 13.5. The summed E-state index contributed by atoms with van der Waals surface area (Å²) in [7, 11) is 3.54. The Balaban J connectivity index is 1.72. The Bertz CT molecular complexity index is 1340. The van der Waals surface area contributed by atoms with Gasteiger partial charge in [0.25, 0.3) is 11.8 Å². The van der Waals surface area contributed by atoms with E-state index in [0.29, 0.717) is 52.3 Å². The Kier molecular flexibility index (Phi) is 12.7. The van der Waals surface area contributed by atoms with Gasteiger partial charge in [-0.15, -0.1) is 0 Å². The van der Waals surface area contributed by atoms with E-state index in [1.807, 2.05) is 0 Å². The minimum atomic E-state index is -0.853. The standard InChI is InChI=1S/C31H40ClN7O4/c1-20-25(43-19-27(40)35-17-7-5-4-6-16-33)14-13-24(28(20)31(42)38-26-15-12-23(32)18-36-26)37-30(41)22-10-8-21(9-11-22)29(34)39(2)3/h8-15,18,20,28,34H,4-7,16-17,19,33H2,1-3H3,(H,35,40)(H,37,41)(H,36,38,42). The molecular formula is C31H40ClN7O4. The van der Waals surface area contributed by atoms with Crippen molar-refractivity contribution in [2.45, 2.75) is 32.6 Å². The summed E-state index contributed by atoms with van der Waals surface area (Å²) < 4.78 is 5.83. The van der Waals surface area contributed by atoms with E-state index in [2.05, 4.69) is 20.9 Å². The van der Waals surface area contributed by atoms with Crippen molar-refractivity contribution in [1.82, 2.24) is 20.5 Å². The Morgan fingerprint density at radius 3 is 2.35 bits per heavy atom. The average molecular weight is 610 g/mol. The number of carbonyl (C=O) groups is 3. The number of hydrogen-bond donors (Lipinski definition) is 5. The lowest BCUT2D eigenvalue weighted by atomic mass is 9.84. The SMILES string of the molecule is CC1C(OCC(=O)NCCCCCCN)=CC=C(NC(=O)c2ccc(C(=N)N(C)C)cc2)C1C(=O)Nc1ccc(Cl)cn1. The number of rotatable bonds is 14. The number of nitrogens with zero attached hydrogens (tertiary/aromatic N) is 2. The topological polar surface area (TPSA) is 163 Å². The van der Waals surface area contributed by atoms with Crippen molar-refractivity contribution < 1.29 is 19.1 Å². The van der Waals surface area contributed by atoms with Crippen molar-refractivity contribution >= 4 is 41.0 Å². The molecule has 0 saturated carbocycles. The summed E-state index contributed by atoms with van der Waals surface area (Å²) in [6, 6.07) is 9.84. The zero-order chi connectivity index (χ0) is 31.4. The van der Waals surface area contributed by atoms with Crippen molar-refractivity contribution in [2.24, 2.45) is 17.6 Å². The molecule has 1 aromatic heterocycles. The second-order valence-electron chi connectivity index (χ2n) is 10.4. The first-order valence-corrected chi connectivity index (χ1v) is 14.6. The van der Waals surface area contributed by atoms with E-state index in [1.54, 1.807) is 74.5 Å². The van der Waals surface area contributed by atoms with E-state index >= 15 is 0 Å². The van der Waals surface area contributed by atoms with Crippen LogP contribution in [0.5, 0.6) is 0 Å². The number of halogens is 1. The predicted molar refractivity (Wildman–Crippen MR) is 168 cm³/mol. The molecule has 3 amide bonds. The summed E-state index contributed by atoms with van der Waals surface area (Å²) >= 11 is 5.93. The summed E-state index contributed by atoms with van der Waals surface area (Å²) in [4.78, 5) is 44.9. The lowest BCUT2D eigenvalue weighted by Gasteiger charge is -2.30. The second-order valence-corrected chi connectivity index (χ2v) is 10.9. The van der Waals surface area contributed by atoms with Gasteiger partial charge in [0.15, 0.2) is 6.61 Å². The Morgan fingerprint density at radius 1 is 1.00 bits per heavy atom. The lowest BCUT2D eigenvalue weighted by Crippen LogP contribution is -2.40. The van der Waals surface area contributed by atoms with E-state index < -0.39 is 23.7 Å². The minimum Gasteiger partial charge on any atom is -0.488 e. The highest BCUT2D eigenvalue weighted by atomic mass is 35.5. The first kappa shape index (κ1) is 33.3. The molecule has 43 heavy (non-hydrogen) atoms. The molecule has 0 radical (unpaired) electrons. The molecule has 1 aliphatic carbocycles. The number of nitrogens with one attached hydrogen (secondary N) is 4. The van der Waals surface area contributed by atoms with Gasteiger partial charge in [-0.05, 0) is 55.8 Å². The van der Waals surface area contributed by atoms with Crippen LogP contribution in [-0.4, -0.2) is 67.2 Å². The molecule has 11 nitrogen and oxygen atoms in total. The largest absolute Gasteiger partial charge is 0.488 e. The number of benzene rings is 1. The minimum absolute atomic E-state index is 0.199. The fraction of sp³-hybridized carbons (Fsp3) is 0.387. The second kappa shape index (κ2) is 16.4. The molecule has 0 bridgehead atoms. The number of amidine groups is 1. The molecule has 3 rings (SSSR count). The van der Waals surface area contributed by atoms with Crippen molar-refractivity contribution in [3.8, 4) is 0 Å². The van der Waals surface area contributed by atoms with Gasteiger partial charge in [0.2, 0.25) is 5.91 Å². The molecule has 6 N–H and O–H groups in total. The number of hydrogen-bond acceptors (Lipinski definition) is 7. The molecule has 12 heteroatoms. The van der Waals surface area contributed by atoms with Crippen molar-refractivity contribution in [3.05, 3.63) is 82.4 Å². The molecule has 1 aliphatic rings. The van der Waals surface area contributed by atoms with Crippen molar-refractivity contribution in [1.29, 1.82) is 5.41 Å². The first-order valence-electron chi connectivity index (χ1n) is 14.2. The summed E-state index contributed by atoms with van der Waals surface area (Å²) in [5.41, 5.74) is 6.91. The van der Waals surface area contributed by atoms with Crippen LogP contribution in [0.2, 0.25) is 5.02 Å². The zero-order valence-corrected chi connectivity index (χ0v) is 25.5. The quantitative estimate of drug-likeness (QED) is 0.124. The van der Waals surface area contributed by atoms with Gasteiger partial charge in [-0.2, -0.15) is 0 Å². The first-order chi connectivity index (χ1) is 20.6. The molecule has 0 saturated heterocycles. The molecule has 1 heterocycles. The van der Waals surface area contributed by atoms with E-state index in [1.165, 1.54) is 6.20 Å². The average Bonchev–Trinajstić information content (AvgIpc) is 2.99. The monoisotopic (exact) mass is 609 g/mol. The Labute approximate surface area is 257 Å². The Morgan fingerprint density at radius 2 is 1.70 bits per heavy atom. The fourth-order valence-corrected chi connectivity index (χ4v) is 4.59. The summed E-state index contributed by atoms with van der Waals surface area (Å²) in [5.74, 6) is -1.40. The van der Waals surface area contributed by atoms with E-state index in [-0.39, 0.29) is 12.5 Å². The highest BCUT2D eigenvalue weighted by molar-refractivity contribution is 6.30. The predicted octanol–water partition coefficient (Wildman–Crippen LogP) is 3.68. The molecule has 2 unspecified atom stereocenters. The molecule has 0 aliphatic heterocycles. The maximum atomic E-state index is 13.5. The van der Waals surface area contributed by atoms with Crippen LogP contribution in [0.15, 0.2) is 66.2 Å². The summed E-state index contributed by atoms with van der Waals surface area (Å²) in [6.45, 7) is 2.81. The maximum Gasteiger partial charge on any atom is 0.257 e. The van der Waals surface area contributed by atoms with E-state index in [4.69, 9.17) is 27.5 Å². The molecule has 0 spiro atoms. The van der Waals surface area contributed by atoms with E-state index in [0.717, 1.165) is 25.7 Å². The molecule has 2 aromatic rings. The molecule has 230 valence electrons. The van der Waals surface area contributed by atoms with Gasteiger partial charge in [0.1, 0.15) is 17.4 Å². The van der Waals surface area contributed by atoms with Crippen LogP contribution in [0, 0.1) is 17.2 Å². The number of anilines is 1. The van der Waals surface area contributed by atoms with Gasteiger partial charge in [0.05, 0.1) is 10.9 Å². The van der Waals surface area contributed by atoms with Gasteiger partial charge in [-0.1, -0.05) is 43.5 Å². The fourth-order valence-electron chi connectivity index (χ4n) is 4.47. The number of aromatic nitrogens is 1. The van der Waals surface area contributed by atoms with Crippen molar-refractivity contribution in [3.63, 3.8) is 0 Å². The van der Waals surface area contributed by atoms with Gasteiger partial charge in [0, 0.05) is 49.6 Å².